The second-order valence-electron chi connectivity index (χ2n) is 6.35. The van der Waals surface area contributed by atoms with Crippen molar-refractivity contribution in [3.8, 4) is 5.75 Å². The van der Waals surface area contributed by atoms with Gasteiger partial charge in [-0.15, -0.1) is 6.58 Å². The summed E-state index contributed by atoms with van der Waals surface area (Å²) in [6.45, 7) is 5.97. The van der Waals surface area contributed by atoms with Gasteiger partial charge in [0, 0.05) is 6.54 Å². The number of nitrogens with zero attached hydrogens (tertiary/aromatic N) is 1. The van der Waals surface area contributed by atoms with E-state index in [4.69, 9.17) is 9.47 Å². The maximum atomic E-state index is 12.7. The molecule has 0 radical (unpaired) electrons. The highest BCUT2D eigenvalue weighted by Gasteiger charge is 2.27. The van der Waals surface area contributed by atoms with Crippen molar-refractivity contribution < 1.29 is 19.4 Å². The van der Waals surface area contributed by atoms with Gasteiger partial charge in [0.15, 0.2) is 0 Å². The van der Waals surface area contributed by atoms with Crippen molar-refractivity contribution in [3.63, 3.8) is 0 Å². The third kappa shape index (κ3) is 6.15. The van der Waals surface area contributed by atoms with Gasteiger partial charge in [-0.3, -0.25) is 4.90 Å². The molecule has 0 spiro atoms. The summed E-state index contributed by atoms with van der Waals surface area (Å²) in [6.07, 6.45) is 0.851. The monoisotopic (exact) mass is 369 g/mol. The van der Waals surface area contributed by atoms with Gasteiger partial charge in [0.25, 0.3) is 0 Å². The molecule has 1 amide bonds. The minimum absolute atomic E-state index is 0.184. The number of ether oxygens (including phenoxy) is 2. The first-order valence-electron chi connectivity index (χ1n) is 8.94. The Kier molecular flexibility index (Phi) is 7.89. The number of amides is 1. The summed E-state index contributed by atoms with van der Waals surface area (Å²) in [5.74, 6) is 0.747. The lowest BCUT2D eigenvalue weighted by molar-refractivity contribution is 0.0346. The Hall–Kier alpha value is -2.79. The van der Waals surface area contributed by atoms with E-state index in [1.54, 1.807) is 18.1 Å². The van der Waals surface area contributed by atoms with E-state index in [1.807, 2.05) is 61.5 Å². The Balaban J connectivity index is 2.11. The SMILES string of the molecule is C=CCC(O)[C@H](C)N(Cc1ccc(OC)cc1)C(=O)OCc1ccccc1. The van der Waals surface area contributed by atoms with E-state index in [0.29, 0.717) is 13.0 Å². The minimum atomic E-state index is -0.718. The van der Waals surface area contributed by atoms with Crippen LogP contribution in [0.4, 0.5) is 4.79 Å². The maximum absolute atomic E-state index is 12.7. The number of methoxy groups -OCH3 is 1. The summed E-state index contributed by atoms with van der Waals surface area (Å²) in [4.78, 5) is 14.3. The van der Waals surface area contributed by atoms with E-state index in [0.717, 1.165) is 16.9 Å². The van der Waals surface area contributed by atoms with E-state index < -0.39 is 18.2 Å². The van der Waals surface area contributed by atoms with Crippen LogP contribution in [0.3, 0.4) is 0 Å². The fourth-order valence-corrected chi connectivity index (χ4v) is 2.68. The highest BCUT2D eigenvalue weighted by molar-refractivity contribution is 5.68. The topological polar surface area (TPSA) is 59.0 Å². The van der Waals surface area contributed by atoms with Gasteiger partial charge in [-0.1, -0.05) is 48.5 Å². The lowest BCUT2D eigenvalue weighted by atomic mass is 10.1. The molecule has 0 bridgehead atoms. The van der Waals surface area contributed by atoms with E-state index in [-0.39, 0.29) is 6.61 Å². The number of rotatable bonds is 9. The quantitative estimate of drug-likeness (QED) is 0.674. The van der Waals surface area contributed by atoms with Crippen LogP contribution in [0.1, 0.15) is 24.5 Å². The zero-order chi connectivity index (χ0) is 19.6. The van der Waals surface area contributed by atoms with Gasteiger partial charge < -0.3 is 14.6 Å². The number of carbonyl (C=O) groups is 1. The van der Waals surface area contributed by atoms with E-state index in [9.17, 15) is 9.90 Å². The van der Waals surface area contributed by atoms with Crippen LogP contribution in [0.25, 0.3) is 0 Å². The average molecular weight is 369 g/mol. The molecule has 0 fully saturated rings. The summed E-state index contributed by atoms with van der Waals surface area (Å²) >= 11 is 0. The van der Waals surface area contributed by atoms with Gasteiger partial charge in [0.2, 0.25) is 0 Å². The Labute approximate surface area is 160 Å². The van der Waals surface area contributed by atoms with Crippen LogP contribution in [0.15, 0.2) is 67.3 Å². The molecule has 2 atom stereocenters. The molecule has 2 aromatic carbocycles. The highest BCUT2D eigenvalue weighted by atomic mass is 16.6. The first-order valence-corrected chi connectivity index (χ1v) is 8.94. The normalized spacial score (nSPS) is 12.7. The number of hydrogen-bond acceptors (Lipinski definition) is 4. The highest BCUT2D eigenvalue weighted by Crippen LogP contribution is 2.18. The number of aliphatic hydroxyl groups excluding tert-OH is 1. The zero-order valence-electron chi connectivity index (χ0n) is 15.9. The summed E-state index contributed by atoms with van der Waals surface area (Å²) in [7, 11) is 1.61. The molecule has 0 aromatic heterocycles. The number of carbonyl (C=O) groups excluding carboxylic acids is 1. The number of hydrogen-bond donors (Lipinski definition) is 1. The van der Waals surface area contributed by atoms with Gasteiger partial charge in [-0.05, 0) is 36.6 Å². The molecular formula is C22H27NO4. The average Bonchev–Trinajstić information content (AvgIpc) is 2.71. The summed E-state index contributed by atoms with van der Waals surface area (Å²) in [5.41, 5.74) is 1.83. The molecule has 5 heteroatoms. The maximum Gasteiger partial charge on any atom is 0.410 e. The Bertz CT molecular complexity index is 715. The number of benzene rings is 2. The van der Waals surface area contributed by atoms with Crippen molar-refractivity contribution in [2.45, 2.75) is 38.6 Å². The molecule has 1 N–H and O–H groups in total. The van der Waals surface area contributed by atoms with Gasteiger partial charge in [-0.25, -0.2) is 4.79 Å². The molecule has 0 saturated carbocycles. The summed E-state index contributed by atoms with van der Waals surface area (Å²) in [5, 5.41) is 10.3. The Morgan fingerprint density at radius 2 is 1.81 bits per heavy atom. The van der Waals surface area contributed by atoms with Gasteiger partial charge in [0.05, 0.1) is 19.3 Å². The molecule has 0 saturated heterocycles. The molecule has 0 aliphatic carbocycles. The largest absolute Gasteiger partial charge is 0.497 e. The fourth-order valence-electron chi connectivity index (χ4n) is 2.68. The molecule has 1 unspecified atom stereocenters. The van der Waals surface area contributed by atoms with Gasteiger partial charge in [0.1, 0.15) is 12.4 Å². The van der Waals surface area contributed by atoms with Crippen LogP contribution in [0.5, 0.6) is 5.75 Å². The van der Waals surface area contributed by atoms with Crippen LogP contribution in [-0.4, -0.2) is 35.4 Å². The first kappa shape index (κ1) is 20.5. The van der Waals surface area contributed by atoms with Crippen LogP contribution >= 0.6 is 0 Å². The molecule has 2 aromatic rings. The molecule has 2 rings (SSSR count). The minimum Gasteiger partial charge on any atom is -0.497 e. The molecular weight excluding hydrogens is 342 g/mol. The lowest BCUT2D eigenvalue weighted by Gasteiger charge is -2.31. The van der Waals surface area contributed by atoms with Crippen molar-refractivity contribution in [1.29, 1.82) is 0 Å². The number of aliphatic hydroxyl groups is 1. The summed E-state index contributed by atoms with van der Waals surface area (Å²) in [6, 6.07) is 16.5. The Morgan fingerprint density at radius 1 is 1.15 bits per heavy atom. The third-order valence-electron chi connectivity index (χ3n) is 4.41. The van der Waals surface area contributed by atoms with Crippen LogP contribution in [0, 0.1) is 0 Å². The van der Waals surface area contributed by atoms with E-state index in [2.05, 4.69) is 6.58 Å². The lowest BCUT2D eigenvalue weighted by Crippen LogP contribution is -2.44. The van der Waals surface area contributed by atoms with Crippen LogP contribution < -0.4 is 4.74 Å². The fraction of sp³-hybridized carbons (Fsp3) is 0.318. The van der Waals surface area contributed by atoms with Crippen molar-refractivity contribution in [3.05, 3.63) is 78.4 Å². The predicted octanol–water partition coefficient (Wildman–Crippen LogP) is 4.16. The van der Waals surface area contributed by atoms with Crippen molar-refractivity contribution in [2.75, 3.05) is 7.11 Å². The predicted molar refractivity (Wildman–Crippen MR) is 105 cm³/mol. The molecule has 5 nitrogen and oxygen atoms in total. The third-order valence-corrected chi connectivity index (χ3v) is 4.41. The standard InChI is InChI=1S/C22H27NO4/c1-4-8-21(24)17(2)23(15-18-11-13-20(26-3)14-12-18)22(25)27-16-19-9-6-5-7-10-19/h4-7,9-14,17,21,24H,1,8,15-16H2,2-3H3/t17-,21?/m0/s1. The van der Waals surface area contributed by atoms with Crippen molar-refractivity contribution >= 4 is 6.09 Å². The van der Waals surface area contributed by atoms with Crippen LogP contribution in [-0.2, 0) is 17.9 Å². The smallest absolute Gasteiger partial charge is 0.410 e. The van der Waals surface area contributed by atoms with Gasteiger partial charge >= 0.3 is 6.09 Å². The summed E-state index contributed by atoms with van der Waals surface area (Å²) < 4.78 is 10.7. The Morgan fingerprint density at radius 3 is 2.41 bits per heavy atom. The zero-order valence-corrected chi connectivity index (χ0v) is 15.9. The molecule has 144 valence electrons. The van der Waals surface area contributed by atoms with Gasteiger partial charge in [-0.2, -0.15) is 0 Å². The molecule has 0 aliphatic rings. The molecule has 0 aliphatic heterocycles. The second kappa shape index (κ2) is 10.4. The van der Waals surface area contributed by atoms with E-state index in [1.165, 1.54) is 0 Å². The van der Waals surface area contributed by atoms with Crippen LogP contribution in [0.2, 0.25) is 0 Å². The van der Waals surface area contributed by atoms with Crippen molar-refractivity contribution in [1.82, 2.24) is 4.90 Å². The van der Waals surface area contributed by atoms with E-state index >= 15 is 0 Å². The second-order valence-corrected chi connectivity index (χ2v) is 6.35. The molecule has 0 heterocycles. The first-order chi connectivity index (χ1) is 13.0. The van der Waals surface area contributed by atoms with Crippen molar-refractivity contribution in [2.24, 2.45) is 0 Å². The molecule has 27 heavy (non-hydrogen) atoms.